The molecule has 1 aromatic rings. The van der Waals surface area contributed by atoms with E-state index in [4.69, 9.17) is 4.74 Å². The molecule has 1 aromatic carbocycles. The number of nitrogens with one attached hydrogen (secondary N) is 2. The Hall–Kier alpha value is -1.88. The van der Waals surface area contributed by atoms with Gasteiger partial charge in [0.05, 0.1) is 0 Å². The third-order valence-electron chi connectivity index (χ3n) is 2.77. The number of hydrogen-bond acceptors (Lipinski definition) is 3. The van der Waals surface area contributed by atoms with E-state index in [2.05, 4.69) is 28.8 Å². The highest BCUT2D eigenvalue weighted by Crippen LogP contribution is 2.17. The minimum Gasteiger partial charge on any atom is -0.489 e. The van der Waals surface area contributed by atoms with Gasteiger partial charge in [0, 0.05) is 37.2 Å². The molecule has 0 unspecified atom stereocenters. The van der Waals surface area contributed by atoms with Crippen LogP contribution in [0.2, 0.25) is 0 Å². The number of thioether (sulfide) groups is 1. The molecule has 0 atom stereocenters. The van der Waals surface area contributed by atoms with Gasteiger partial charge in [0.25, 0.3) is 0 Å². The van der Waals surface area contributed by atoms with Crippen molar-refractivity contribution in [3.63, 3.8) is 0 Å². The number of benzene rings is 1. The highest BCUT2D eigenvalue weighted by atomic mass is 32.2. The maximum absolute atomic E-state index is 5.65. The molecule has 0 radical (unpaired) electrons. The summed E-state index contributed by atoms with van der Waals surface area (Å²) in [4.78, 5) is 4.22. The molecular formula is C17H25N3OS. The molecule has 0 saturated heterocycles. The average Bonchev–Trinajstić information content (AvgIpc) is 2.56. The number of nitrogens with zero attached hydrogens (tertiary/aromatic N) is 1. The van der Waals surface area contributed by atoms with E-state index in [0.29, 0.717) is 13.2 Å². The van der Waals surface area contributed by atoms with Gasteiger partial charge in [-0.1, -0.05) is 36.9 Å². The van der Waals surface area contributed by atoms with Crippen molar-refractivity contribution in [3.05, 3.63) is 55.1 Å². The van der Waals surface area contributed by atoms with E-state index in [-0.39, 0.29) is 0 Å². The predicted octanol–water partition coefficient (Wildman–Crippen LogP) is 2.84. The number of hydrogen-bond donors (Lipinski definition) is 2. The molecule has 4 nitrogen and oxygen atoms in total. The minimum atomic E-state index is 0.504. The van der Waals surface area contributed by atoms with Crippen molar-refractivity contribution in [1.82, 2.24) is 10.6 Å². The molecule has 0 aliphatic carbocycles. The Kier molecular flexibility index (Phi) is 9.70. The number of aliphatic imine (C=N–C) groups is 1. The number of rotatable bonds is 10. The Morgan fingerprint density at radius 1 is 1.27 bits per heavy atom. The predicted molar refractivity (Wildman–Crippen MR) is 97.9 cm³/mol. The minimum absolute atomic E-state index is 0.504. The molecule has 0 saturated carbocycles. The lowest BCUT2D eigenvalue weighted by atomic mass is 10.2. The van der Waals surface area contributed by atoms with Crippen LogP contribution in [0.5, 0.6) is 5.75 Å². The molecule has 0 amide bonds. The lowest BCUT2D eigenvalue weighted by Crippen LogP contribution is -2.38. The highest BCUT2D eigenvalue weighted by molar-refractivity contribution is 7.99. The summed E-state index contributed by atoms with van der Waals surface area (Å²) in [6.45, 7) is 9.41. The van der Waals surface area contributed by atoms with Crippen LogP contribution in [0.1, 0.15) is 5.56 Å². The van der Waals surface area contributed by atoms with Gasteiger partial charge < -0.3 is 15.4 Å². The molecule has 0 aromatic heterocycles. The molecule has 0 heterocycles. The van der Waals surface area contributed by atoms with Gasteiger partial charge in [-0.05, 0) is 6.07 Å². The fourth-order valence-corrected chi connectivity index (χ4v) is 2.33. The van der Waals surface area contributed by atoms with Gasteiger partial charge >= 0.3 is 0 Å². The Morgan fingerprint density at radius 3 is 2.82 bits per heavy atom. The summed E-state index contributed by atoms with van der Waals surface area (Å²) in [5.74, 6) is 3.65. The van der Waals surface area contributed by atoms with Crippen LogP contribution < -0.4 is 15.4 Å². The zero-order chi connectivity index (χ0) is 16.0. The summed E-state index contributed by atoms with van der Waals surface area (Å²) in [5, 5.41) is 6.59. The van der Waals surface area contributed by atoms with Crippen molar-refractivity contribution in [3.8, 4) is 5.75 Å². The normalized spacial score (nSPS) is 10.9. The van der Waals surface area contributed by atoms with Crippen LogP contribution in [0, 0.1) is 0 Å². The number of ether oxygens (including phenoxy) is 1. The topological polar surface area (TPSA) is 45.6 Å². The van der Waals surface area contributed by atoms with E-state index in [1.54, 1.807) is 13.1 Å². The van der Waals surface area contributed by atoms with Gasteiger partial charge in [-0.25, -0.2) is 0 Å². The lowest BCUT2D eigenvalue weighted by Gasteiger charge is -2.14. The second-order valence-corrected chi connectivity index (χ2v) is 5.57. The highest BCUT2D eigenvalue weighted by Gasteiger charge is 2.03. The Morgan fingerprint density at radius 2 is 2.09 bits per heavy atom. The van der Waals surface area contributed by atoms with Crippen molar-refractivity contribution in [2.75, 3.05) is 31.7 Å². The first kappa shape index (κ1) is 18.2. The molecular weight excluding hydrogens is 294 g/mol. The second kappa shape index (κ2) is 11.7. The Labute approximate surface area is 137 Å². The smallest absolute Gasteiger partial charge is 0.191 e. The molecule has 5 heteroatoms. The van der Waals surface area contributed by atoms with Crippen molar-refractivity contribution < 1.29 is 4.74 Å². The van der Waals surface area contributed by atoms with E-state index < -0.39 is 0 Å². The first-order valence-electron chi connectivity index (χ1n) is 7.26. The van der Waals surface area contributed by atoms with Crippen LogP contribution in [0.25, 0.3) is 0 Å². The molecule has 1 rings (SSSR count). The molecule has 0 spiro atoms. The van der Waals surface area contributed by atoms with E-state index >= 15 is 0 Å². The Bertz CT molecular complexity index is 489. The third kappa shape index (κ3) is 7.22. The first-order valence-corrected chi connectivity index (χ1v) is 8.42. The summed E-state index contributed by atoms with van der Waals surface area (Å²) in [7, 11) is 1.77. The molecule has 0 aliphatic rings. The zero-order valence-electron chi connectivity index (χ0n) is 13.2. The molecule has 2 N–H and O–H groups in total. The zero-order valence-corrected chi connectivity index (χ0v) is 14.0. The number of guanidine groups is 1. The van der Waals surface area contributed by atoms with Crippen LogP contribution in [0.3, 0.4) is 0 Å². The maximum atomic E-state index is 5.65. The van der Waals surface area contributed by atoms with Gasteiger partial charge in [-0.3, -0.25) is 4.99 Å². The SMILES string of the molecule is C=CCOc1ccccc1CNC(=NC)NCCSCC=C. The van der Waals surface area contributed by atoms with Gasteiger partial charge in [-0.15, -0.1) is 6.58 Å². The first-order chi connectivity index (χ1) is 10.8. The van der Waals surface area contributed by atoms with Crippen LogP contribution >= 0.6 is 11.8 Å². The summed E-state index contributed by atoms with van der Waals surface area (Å²) in [5.41, 5.74) is 1.09. The summed E-state index contributed by atoms with van der Waals surface area (Å²) >= 11 is 1.84. The van der Waals surface area contributed by atoms with E-state index in [9.17, 15) is 0 Å². The fourth-order valence-electron chi connectivity index (χ4n) is 1.75. The van der Waals surface area contributed by atoms with Gasteiger partial charge in [0.2, 0.25) is 0 Å². The van der Waals surface area contributed by atoms with Crippen molar-refractivity contribution in [2.24, 2.45) is 4.99 Å². The number of para-hydroxylation sites is 1. The van der Waals surface area contributed by atoms with Crippen LogP contribution in [-0.2, 0) is 6.54 Å². The maximum Gasteiger partial charge on any atom is 0.191 e. The van der Waals surface area contributed by atoms with Crippen molar-refractivity contribution >= 4 is 17.7 Å². The standard InChI is InChI=1S/C17H25N3OS/c1-4-11-21-16-9-7-6-8-15(16)14-20-17(18-3)19-10-13-22-12-5-2/h4-9H,1-2,10-14H2,3H3,(H2,18,19,20). The summed E-state index contributed by atoms with van der Waals surface area (Å²) in [6.07, 6.45) is 3.66. The molecule has 0 aliphatic heterocycles. The molecule has 0 fully saturated rings. The van der Waals surface area contributed by atoms with Crippen LogP contribution in [-0.4, -0.2) is 37.7 Å². The van der Waals surface area contributed by atoms with E-state index in [1.807, 2.05) is 42.1 Å². The molecule has 22 heavy (non-hydrogen) atoms. The quantitative estimate of drug-likeness (QED) is 0.301. The Balaban J connectivity index is 2.42. The van der Waals surface area contributed by atoms with Gasteiger partial charge in [0.1, 0.15) is 12.4 Å². The fraction of sp³-hybridized carbons (Fsp3) is 0.353. The largest absolute Gasteiger partial charge is 0.489 e. The van der Waals surface area contributed by atoms with Gasteiger partial charge in [-0.2, -0.15) is 11.8 Å². The third-order valence-corrected chi connectivity index (χ3v) is 3.74. The van der Waals surface area contributed by atoms with E-state index in [0.717, 1.165) is 35.3 Å². The lowest BCUT2D eigenvalue weighted by molar-refractivity contribution is 0.358. The van der Waals surface area contributed by atoms with Crippen molar-refractivity contribution in [2.45, 2.75) is 6.54 Å². The second-order valence-electron chi connectivity index (χ2n) is 4.42. The van der Waals surface area contributed by atoms with Crippen molar-refractivity contribution in [1.29, 1.82) is 0 Å². The van der Waals surface area contributed by atoms with Crippen LogP contribution in [0.15, 0.2) is 54.6 Å². The summed E-state index contributed by atoms with van der Waals surface area (Å²) in [6, 6.07) is 7.97. The van der Waals surface area contributed by atoms with Gasteiger partial charge in [0.15, 0.2) is 5.96 Å². The molecule has 120 valence electrons. The monoisotopic (exact) mass is 319 g/mol. The van der Waals surface area contributed by atoms with Crippen LogP contribution in [0.4, 0.5) is 0 Å². The summed E-state index contributed by atoms with van der Waals surface area (Å²) < 4.78 is 5.65. The van der Waals surface area contributed by atoms with E-state index in [1.165, 1.54) is 0 Å². The molecule has 0 bridgehead atoms. The average molecular weight is 319 g/mol.